The summed E-state index contributed by atoms with van der Waals surface area (Å²) < 4.78 is 0. The molecule has 1 aromatic heterocycles. The predicted octanol–water partition coefficient (Wildman–Crippen LogP) is -7.28. The maximum atomic E-state index is 14.3. The zero-order valence-corrected chi connectivity index (χ0v) is 61.5. The molecule has 2 rings (SSSR count). The summed E-state index contributed by atoms with van der Waals surface area (Å²) >= 11 is 0. The SMILES string of the molecule is CC(C)C[C@H](NC(=O)[C@H](CCCCN)NC(=O)[C@@H](NC(=O)[C@H](CC(C)C)NC(=O)[C@H](CO)NC(=O)[C@H](CCC(N)=O)NC(=O)[C@H](CCCCN)NC(=O)CNC(=O)[C@@H](N)CCC(=O)O)[C@@H](C)O)C(=O)N[C@@H](C)C(=O)N[C@@H](C)C(=O)N[C@@H](C)C(=O)N[C@@H](Cc1c[nH]c2ccccc12)C(=O)NCC(=O)NCC(=O)O. The second-order valence-electron chi connectivity index (χ2n) is 26.6. The van der Waals surface area contributed by atoms with Gasteiger partial charge in [-0.05, 0) is 128 Å². The minimum atomic E-state index is -1.86. The lowest BCUT2D eigenvalue weighted by Gasteiger charge is -2.29. The zero-order chi connectivity index (χ0) is 80.8. The molecule has 0 unspecified atom stereocenters. The average Bonchev–Trinajstić information content (AvgIpc) is 1.75. The molecular weight excluding hydrogens is 1410 g/mol. The molecule has 0 aliphatic carbocycles. The summed E-state index contributed by atoms with van der Waals surface area (Å²) in [6.07, 6.45) is -0.897. The van der Waals surface area contributed by atoms with Gasteiger partial charge in [0.2, 0.25) is 88.6 Å². The number of amides is 15. The van der Waals surface area contributed by atoms with Crippen LogP contribution in [0.15, 0.2) is 30.5 Å². The fourth-order valence-electron chi connectivity index (χ4n) is 10.4. The van der Waals surface area contributed by atoms with Crippen molar-refractivity contribution in [3.8, 4) is 0 Å². The molecule has 13 atom stereocenters. The summed E-state index contributed by atoms with van der Waals surface area (Å²) in [5, 5.41) is 73.7. The molecule has 107 heavy (non-hydrogen) atoms. The molecule has 598 valence electrons. The summed E-state index contributed by atoms with van der Waals surface area (Å²) in [4.78, 5) is 227. The van der Waals surface area contributed by atoms with Crippen molar-refractivity contribution in [2.45, 2.75) is 217 Å². The van der Waals surface area contributed by atoms with E-state index >= 15 is 0 Å². The Morgan fingerprint density at radius 2 is 0.860 bits per heavy atom. The molecular formula is C67H109N19O21. The van der Waals surface area contributed by atoms with Crippen molar-refractivity contribution in [3.05, 3.63) is 36.0 Å². The van der Waals surface area contributed by atoms with E-state index in [9.17, 15) is 91.7 Å². The van der Waals surface area contributed by atoms with E-state index in [1.165, 1.54) is 20.8 Å². The molecule has 27 N–H and O–H groups in total. The van der Waals surface area contributed by atoms with Crippen molar-refractivity contribution < 1.29 is 102 Å². The number of hydrogen-bond acceptors (Lipinski definition) is 22. The fourth-order valence-corrected chi connectivity index (χ4v) is 10.4. The molecule has 0 saturated carbocycles. The number of carboxylic acids is 2. The number of carboxylic acid groups (broad SMARTS) is 2. The first-order valence-electron chi connectivity index (χ1n) is 35.2. The van der Waals surface area contributed by atoms with E-state index in [1.54, 1.807) is 58.2 Å². The fraction of sp³-hybridized carbons (Fsp3) is 0.627. The van der Waals surface area contributed by atoms with Crippen LogP contribution < -0.4 is 97.4 Å². The maximum Gasteiger partial charge on any atom is 0.322 e. The molecule has 40 heteroatoms. The monoisotopic (exact) mass is 1520 g/mol. The zero-order valence-electron chi connectivity index (χ0n) is 61.5. The van der Waals surface area contributed by atoms with Crippen LogP contribution in [-0.4, -0.2) is 244 Å². The Kier molecular flexibility index (Phi) is 41.5. The lowest BCUT2D eigenvalue weighted by atomic mass is 10.0. The number of carbonyl (C=O) groups excluding carboxylic acids is 15. The second kappa shape index (κ2) is 47.9. The number of benzene rings is 1. The van der Waals surface area contributed by atoms with Crippen molar-refractivity contribution in [1.82, 2.24) is 79.4 Å². The molecule has 40 nitrogen and oxygen atoms in total. The first-order chi connectivity index (χ1) is 50.3. The number of H-pyrrole nitrogens is 1. The topological polar surface area (TPSA) is 659 Å². The molecule has 0 bridgehead atoms. The largest absolute Gasteiger partial charge is 0.481 e. The number of fused-ring (bicyclic) bond motifs is 1. The van der Waals surface area contributed by atoms with Crippen molar-refractivity contribution in [1.29, 1.82) is 0 Å². The lowest BCUT2D eigenvalue weighted by molar-refractivity contribution is -0.138. The van der Waals surface area contributed by atoms with Crippen LogP contribution in [0.25, 0.3) is 10.9 Å². The van der Waals surface area contributed by atoms with Crippen LogP contribution >= 0.6 is 0 Å². The number of unbranched alkanes of at least 4 members (excludes halogenated alkanes) is 2. The third-order valence-electron chi connectivity index (χ3n) is 16.3. The smallest absolute Gasteiger partial charge is 0.322 e. The Labute approximate surface area is 618 Å². The molecule has 0 aliphatic rings. The number of aromatic nitrogens is 1. The molecule has 0 radical (unpaired) electrons. The standard InChI is InChI=1S/C67H109N19O21/c1-33(2)25-46(64(104)78-36(6)57(97)76-35(5)56(96)77-37(7)58(98)82-48(60(100)75-29-51(90)73-31-54(94)95)27-39-28-72-42-16-10-9-15-40(39)42)83-62(102)44(18-12-14-24-69)81-67(107)55(38(8)88)86-65(105)47(26-34(3)4)84-66(106)49(32-87)85-63(103)45(20-21-50(71)89)80-61(101)43(17-11-13-23-68)79-52(91)30-74-59(99)41(70)19-22-53(92)93/h9-10,15-16,28,33-38,41,43-49,55,72,87-88H,11-14,17-27,29-32,68-70H2,1-8H3,(H2,71,89)(H,73,90)(H,74,99)(H,75,100)(H,76,97)(H,77,96)(H,78,104)(H,79,91)(H,80,101)(H,81,107)(H,82,98)(H,83,102)(H,84,106)(H,85,103)(H,86,105)(H,92,93)(H,94,95)/t35-,36-,37-,38+,41-,43-,44-,45-,46-,47-,48-,49-,55-/m0/s1. The normalized spacial score (nSPS) is 14.8. The van der Waals surface area contributed by atoms with Crippen molar-refractivity contribution in [2.75, 3.05) is 39.3 Å². The third kappa shape index (κ3) is 35.0. The number of nitrogens with two attached hydrogens (primary N) is 4. The van der Waals surface area contributed by atoms with Gasteiger partial charge in [0.25, 0.3) is 0 Å². The molecule has 0 fully saturated rings. The van der Waals surface area contributed by atoms with Gasteiger partial charge in [0.15, 0.2) is 0 Å². The number of aliphatic hydroxyl groups excluding tert-OH is 2. The van der Waals surface area contributed by atoms with Crippen LogP contribution in [0.1, 0.15) is 138 Å². The van der Waals surface area contributed by atoms with E-state index in [1.807, 2.05) is 0 Å². The van der Waals surface area contributed by atoms with Gasteiger partial charge in [-0.3, -0.25) is 81.5 Å². The van der Waals surface area contributed by atoms with Crippen molar-refractivity contribution in [2.24, 2.45) is 34.8 Å². The Morgan fingerprint density at radius 3 is 1.36 bits per heavy atom. The number of carbonyl (C=O) groups is 17. The van der Waals surface area contributed by atoms with Crippen molar-refractivity contribution >= 4 is 111 Å². The summed E-state index contributed by atoms with van der Waals surface area (Å²) in [5.74, 6) is -17.3. The van der Waals surface area contributed by atoms with Crippen LogP contribution in [0.3, 0.4) is 0 Å². The van der Waals surface area contributed by atoms with Crippen LogP contribution in [0.4, 0.5) is 0 Å². The quantitative estimate of drug-likeness (QED) is 0.0274. The molecule has 1 aromatic carbocycles. The van der Waals surface area contributed by atoms with Gasteiger partial charge in [0.1, 0.15) is 73.0 Å². The first kappa shape index (κ1) is 92.6. The maximum absolute atomic E-state index is 14.3. The van der Waals surface area contributed by atoms with E-state index in [2.05, 4.69) is 79.4 Å². The summed E-state index contributed by atoms with van der Waals surface area (Å²) in [5.41, 5.74) is 23.8. The van der Waals surface area contributed by atoms with Gasteiger partial charge in [-0.25, -0.2) is 0 Å². The minimum absolute atomic E-state index is 0.0242. The number of nitrogens with one attached hydrogen (secondary N) is 15. The van der Waals surface area contributed by atoms with Gasteiger partial charge in [0, 0.05) is 36.4 Å². The van der Waals surface area contributed by atoms with E-state index in [-0.39, 0.29) is 76.3 Å². The van der Waals surface area contributed by atoms with Crippen LogP contribution in [-0.2, 0) is 87.9 Å². The van der Waals surface area contributed by atoms with E-state index in [0.717, 1.165) is 17.8 Å². The predicted molar refractivity (Wildman–Crippen MR) is 384 cm³/mol. The Morgan fingerprint density at radius 1 is 0.430 bits per heavy atom. The van der Waals surface area contributed by atoms with Gasteiger partial charge >= 0.3 is 11.9 Å². The molecule has 15 amide bonds. The Balaban J connectivity index is 2.26. The van der Waals surface area contributed by atoms with E-state index in [0.29, 0.717) is 18.4 Å². The highest BCUT2D eigenvalue weighted by molar-refractivity contribution is 6.00. The Hall–Kier alpha value is -10.5. The number of aromatic amines is 1. The van der Waals surface area contributed by atoms with E-state index < -0.39 is 225 Å². The van der Waals surface area contributed by atoms with E-state index in [4.69, 9.17) is 33.1 Å². The summed E-state index contributed by atoms with van der Waals surface area (Å²) in [7, 11) is 0. The van der Waals surface area contributed by atoms with Crippen LogP contribution in [0.5, 0.6) is 0 Å². The third-order valence-corrected chi connectivity index (χ3v) is 16.3. The number of aliphatic carboxylic acids is 2. The van der Waals surface area contributed by atoms with Crippen LogP contribution in [0, 0.1) is 11.8 Å². The number of primary amides is 1. The molecule has 2 aromatic rings. The summed E-state index contributed by atoms with van der Waals surface area (Å²) in [6.45, 7) is 9.00. The summed E-state index contributed by atoms with van der Waals surface area (Å²) in [6, 6.07) is -10.7. The van der Waals surface area contributed by atoms with Gasteiger partial charge in [0.05, 0.1) is 31.8 Å². The highest BCUT2D eigenvalue weighted by Gasteiger charge is 2.37. The Bertz CT molecular complexity index is 3390. The van der Waals surface area contributed by atoms with Gasteiger partial charge in [-0.15, -0.1) is 0 Å². The van der Waals surface area contributed by atoms with Crippen LogP contribution in [0.2, 0.25) is 0 Å². The second-order valence-corrected chi connectivity index (χ2v) is 26.6. The number of rotatable bonds is 51. The van der Waals surface area contributed by atoms with Crippen molar-refractivity contribution in [3.63, 3.8) is 0 Å². The highest BCUT2D eigenvalue weighted by atomic mass is 16.4. The lowest BCUT2D eigenvalue weighted by Crippen LogP contribution is -2.62. The minimum Gasteiger partial charge on any atom is -0.481 e. The average molecular weight is 1520 g/mol. The molecule has 0 spiro atoms. The number of hydrogen-bond donors (Lipinski definition) is 23. The van der Waals surface area contributed by atoms with Gasteiger partial charge in [-0.2, -0.15) is 0 Å². The molecule has 0 aliphatic heterocycles. The molecule has 1 heterocycles. The van der Waals surface area contributed by atoms with Gasteiger partial charge < -0.3 is 123 Å². The number of para-hydroxylation sites is 1. The number of aliphatic hydroxyl groups is 2. The first-order valence-corrected chi connectivity index (χ1v) is 35.2. The molecule has 0 saturated heterocycles. The highest BCUT2D eigenvalue weighted by Crippen LogP contribution is 2.20. The van der Waals surface area contributed by atoms with Gasteiger partial charge in [-0.1, -0.05) is 45.9 Å².